The van der Waals surface area contributed by atoms with Crippen LogP contribution in [-0.2, 0) is 4.79 Å². The van der Waals surface area contributed by atoms with E-state index in [-0.39, 0.29) is 16.6 Å². The molecular weight excluding hydrogens is 182 g/mol. The zero-order valence-corrected chi connectivity index (χ0v) is 8.78. The highest BCUT2D eigenvalue weighted by atomic mass is 16.6. The van der Waals surface area contributed by atoms with Crippen molar-refractivity contribution in [3.05, 3.63) is 10.1 Å². The van der Waals surface area contributed by atoms with Crippen LogP contribution in [0.5, 0.6) is 0 Å². The zero-order chi connectivity index (χ0) is 10.8. The molecule has 14 heavy (non-hydrogen) atoms. The highest BCUT2D eigenvalue weighted by Crippen LogP contribution is 2.29. The third-order valence-corrected chi connectivity index (χ3v) is 2.92. The van der Waals surface area contributed by atoms with E-state index in [1.807, 2.05) is 0 Å². The molecule has 0 aromatic heterocycles. The summed E-state index contributed by atoms with van der Waals surface area (Å²) >= 11 is 0. The van der Waals surface area contributed by atoms with Gasteiger partial charge in [-0.1, -0.05) is 6.42 Å². The topological polar surface area (TPSA) is 60.2 Å². The molecule has 1 fully saturated rings. The monoisotopic (exact) mass is 199 g/mol. The van der Waals surface area contributed by atoms with Crippen molar-refractivity contribution in [3.8, 4) is 0 Å². The van der Waals surface area contributed by atoms with Gasteiger partial charge in [-0.15, -0.1) is 0 Å². The SMILES string of the molecule is CC(C)(CC1CCCCC1=O)[N+](=O)[O-]. The minimum atomic E-state index is -0.961. The lowest BCUT2D eigenvalue weighted by Gasteiger charge is -2.25. The number of hydrogen-bond acceptors (Lipinski definition) is 3. The van der Waals surface area contributed by atoms with Crippen molar-refractivity contribution >= 4 is 5.78 Å². The van der Waals surface area contributed by atoms with Gasteiger partial charge in [0.05, 0.1) is 0 Å². The van der Waals surface area contributed by atoms with E-state index in [4.69, 9.17) is 0 Å². The Morgan fingerprint density at radius 2 is 2.14 bits per heavy atom. The lowest BCUT2D eigenvalue weighted by atomic mass is 9.80. The first-order valence-electron chi connectivity index (χ1n) is 5.11. The largest absolute Gasteiger partial charge is 0.299 e. The second-order valence-corrected chi connectivity index (χ2v) is 4.68. The summed E-state index contributed by atoms with van der Waals surface area (Å²) in [5.74, 6) is 0.135. The average Bonchev–Trinajstić information content (AvgIpc) is 2.08. The van der Waals surface area contributed by atoms with Crippen LogP contribution in [0, 0.1) is 16.0 Å². The van der Waals surface area contributed by atoms with E-state index in [0.717, 1.165) is 19.3 Å². The van der Waals surface area contributed by atoms with E-state index in [1.54, 1.807) is 13.8 Å². The Morgan fingerprint density at radius 1 is 1.50 bits per heavy atom. The summed E-state index contributed by atoms with van der Waals surface area (Å²) in [5.41, 5.74) is -0.961. The first-order valence-corrected chi connectivity index (χ1v) is 5.11. The molecule has 1 aliphatic carbocycles. The predicted molar refractivity (Wildman–Crippen MR) is 52.7 cm³/mol. The summed E-state index contributed by atoms with van der Waals surface area (Å²) in [6, 6.07) is 0. The molecule has 0 aromatic rings. The fraction of sp³-hybridized carbons (Fsp3) is 0.900. The second-order valence-electron chi connectivity index (χ2n) is 4.68. The lowest BCUT2D eigenvalue weighted by molar-refractivity contribution is -0.562. The van der Waals surface area contributed by atoms with Gasteiger partial charge in [-0.25, -0.2) is 0 Å². The van der Waals surface area contributed by atoms with E-state index >= 15 is 0 Å². The van der Waals surface area contributed by atoms with Gasteiger partial charge in [0.1, 0.15) is 5.78 Å². The number of carbonyl (C=O) groups is 1. The number of nitro groups is 1. The maximum absolute atomic E-state index is 11.5. The predicted octanol–water partition coefficient (Wildman–Crippen LogP) is 2.19. The first-order chi connectivity index (χ1) is 6.43. The molecule has 0 N–H and O–H groups in total. The van der Waals surface area contributed by atoms with Crippen LogP contribution < -0.4 is 0 Å². The summed E-state index contributed by atoms with van der Waals surface area (Å²) in [7, 11) is 0. The third kappa shape index (κ3) is 2.53. The molecule has 0 saturated heterocycles. The van der Waals surface area contributed by atoms with Crippen molar-refractivity contribution in [2.75, 3.05) is 0 Å². The Hall–Kier alpha value is -0.930. The van der Waals surface area contributed by atoms with Crippen LogP contribution in [0.1, 0.15) is 46.0 Å². The minimum absolute atomic E-state index is 0.0795. The highest BCUT2D eigenvalue weighted by Gasteiger charge is 2.37. The lowest BCUT2D eigenvalue weighted by Crippen LogP contribution is -2.36. The molecule has 0 radical (unpaired) electrons. The Labute approximate surface area is 83.8 Å². The molecule has 0 amide bonds. The molecule has 1 atom stereocenters. The highest BCUT2D eigenvalue weighted by molar-refractivity contribution is 5.81. The van der Waals surface area contributed by atoms with Crippen molar-refractivity contribution < 1.29 is 9.72 Å². The summed E-state index contributed by atoms with van der Waals surface area (Å²) < 4.78 is 0. The van der Waals surface area contributed by atoms with Crippen LogP contribution in [0.25, 0.3) is 0 Å². The molecule has 0 heterocycles. The van der Waals surface area contributed by atoms with Gasteiger partial charge in [-0.2, -0.15) is 0 Å². The first kappa shape index (κ1) is 11.1. The van der Waals surface area contributed by atoms with Crippen LogP contribution in [0.4, 0.5) is 0 Å². The van der Waals surface area contributed by atoms with E-state index < -0.39 is 5.54 Å². The molecule has 80 valence electrons. The molecule has 0 aliphatic heterocycles. The molecule has 4 nitrogen and oxygen atoms in total. The van der Waals surface area contributed by atoms with E-state index in [2.05, 4.69) is 0 Å². The fourth-order valence-electron chi connectivity index (χ4n) is 1.95. The number of hydrogen-bond donors (Lipinski definition) is 0. The van der Waals surface area contributed by atoms with Gasteiger partial charge in [0.25, 0.3) is 0 Å². The van der Waals surface area contributed by atoms with Crippen LogP contribution in [0.2, 0.25) is 0 Å². The molecule has 1 saturated carbocycles. The third-order valence-electron chi connectivity index (χ3n) is 2.92. The maximum Gasteiger partial charge on any atom is 0.217 e. The Bertz CT molecular complexity index is 248. The Kier molecular flexibility index (Phi) is 3.24. The van der Waals surface area contributed by atoms with Crippen LogP contribution in [0.3, 0.4) is 0 Å². The quantitative estimate of drug-likeness (QED) is 0.517. The number of carbonyl (C=O) groups excluding carboxylic acids is 1. The van der Waals surface area contributed by atoms with Crippen LogP contribution in [-0.4, -0.2) is 16.2 Å². The summed E-state index contributed by atoms with van der Waals surface area (Å²) in [6.07, 6.45) is 3.81. The number of nitrogens with zero attached hydrogens (tertiary/aromatic N) is 1. The van der Waals surface area contributed by atoms with Crippen LogP contribution in [0.15, 0.2) is 0 Å². The van der Waals surface area contributed by atoms with E-state index in [9.17, 15) is 14.9 Å². The van der Waals surface area contributed by atoms with Gasteiger partial charge in [-0.3, -0.25) is 14.9 Å². The van der Waals surface area contributed by atoms with Gasteiger partial charge in [0.2, 0.25) is 5.54 Å². The molecule has 0 spiro atoms. The Balaban J connectivity index is 2.58. The molecule has 1 unspecified atom stereocenters. The zero-order valence-electron chi connectivity index (χ0n) is 8.78. The van der Waals surface area contributed by atoms with Crippen molar-refractivity contribution in [1.29, 1.82) is 0 Å². The Morgan fingerprint density at radius 3 is 2.64 bits per heavy atom. The number of ketones is 1. The van der Waals surface area contributed by atoms with E-state index in [1.165, 1.54) is 0 Å². The summed E-state index contributed by atoms with van der Waals surface area (Å²) in [5, 5.41) is 10.7. The molecular formula is C10H17NO3. The van der Waals surface area contributed by atoms with Gasteiger partial charge < -0.3 is 0 Å². The molecule has 4 heteroatoms. The number of rotatable bonds is 3. The maximum atomic E-state index is 11.5. The molecule has 1 aliphatic rings. The van der Waals surface area contributed by atoms with Gasteiger partial charge in [0, 0.05) is 37.5 Å². The molecule has 0 bridgehead atoms. The smallest absolute Gasteiger partial charge is 0.217 e. The fourth-order valence-corrected chi connectivity index (χ4v) is 1.95. The molecule has 1 rings (SSSR count). The van der Waals surface area contributed by atoms with Crippen molar-refractivity contribution in [2.45, 2.75) is 51.5 Å². The minimum Gasteiger partial charge on any atom is -0.299 e. The van der Waals surface area contributed by atoms with Gasteiger partial charge in [-0.05, 0) is 12.8 Å². The van der Waals surface area contributed by atoms with Crippen molar-refractivity contribution in [1.82, 2.24) is 0 Å². The number of Topliss-reactive ketones (excluding diaryl/α,β-unsaturated/α-hetero) is 1. The van der Waals surface area contributed by atoms with Gasteiger partial charge in [0.15, 0.2) is 0 Å². The van der Waals surface area contributed by atoms with Crippen molar-refractivity contribution in [2.24, 2.45) is 5.92 Å². The van der Waals surface area contributed by atoms with Gasteiger partial charge >= 0.3 is 0 Å². The normalized spacial score (nSPS) is 23.6. The standard InChI is InChI=1S/C10H17NO3/c1-10(2,11(13)14)7-8-5-3-4-6-9(8)12/h8H,3-7H2,1-2H3. The average molecular weight is 199 g/mol. The summed E-state index contributed by atoms with van der Waals surface area (Å²) in [4.78, 5) is 21.9. The summed E-state index contributed by atoms with van der Waals surface area (Å²) in [6.45, 7) is 3.18. The molecule has 0 aromatic carbocycles. The van der Waals surface area contributed by atoms with Crippen molar-refractivity contribution in [3.63, 3.8) is 0 Å². The second kappa shape index (κ2) is 4.07. The van der Waals surface area contributed by atoms with Crippen LogP contribution >= 0.6 is 0 Å². The van der Waals surface area contributed by atoms with E-state index in [0.29, 0.717) is 12.8 Å².